The number of anilines is 1. The van der Waals surface area contributed by atoms with Crippen molar-refractivity contribution >= 4 is 22.4 Å². The number of benzene rings is 2. The lowest BCUT2D eigenvalue weighted by Gasteiger charge is -2.10. The van der Waals surface area contributed by atoms with Crippen molar-refractivity contribution in [1.82, 2.24) is 4.98 Å². The third-order valence-electron chi connectivity index (χ3n) is 4.08. The zero-order chi connectivity index (χ0) is 18.5. The fourth-order valence-electron chi connectivity index (χ4n) is 2.51. The molecule has 0 saturated heterocycles. The quantitative estimate of drug-likeness (QED) is 0.689. The van der Waals surface area contributed by atoms with E-state index in [0.717, 1.165) is 28.2 Å². The topological polar surface area (TPSA) is 51.2 Å². The van der Waals surface area contributed by atoms with Crippen molar-refractivity contribution in [2.75, 3.05) is 12.4 Å². The first-order valence-electron chi connectivity index (χ1n) is 8.19. The molecule has 6 heteroatoms. The number of rotatable bonds is 6. The van der Waals surface area contributed by atoms with E-state index in [1.807, 2.05) is 24.3 Å². The van der Waals surface area contributed by atoms with E-state index < -0.39 is 0 Å². The second-order valence-corrected chi connectivity index (χ2v) is 7.03. The highest BCUT2D eigenvalue weighted by molar-refractivity contribution is 7.15. The Balaban J connectivity index is 1.61. The largest absolute Gasteiger partial charge is 0.497 e. The van der Waals surface area contributed by atoms with Gasteiger partial charge in [-0.3, -0.25) is 4.79 Å². The Kier molecular flexibility index (Phi) is 5.63. The molecule has 0 aliphatic carbocycles. The molecule has 1 unspecified atom stereocenters. The zero-order valence-corrected chi connectivity index (χ0v) is 15.3. The van der Waals surface area contributed by atoms with E-state index in [9.17, 15) is 9.18 Å². The van der Waals surface area contributed by atoms with Gasteiger partial charge < -0.3 is 10.1 Å². The molecule has 0 spiro atoms. The fourth-order valence-corrected chi connectivity index (χ4v) is 3.36. The molecule has 1 atom stereocenters. The van der Waals surface area contributed by atoms with Gasteiger partial charge in [0.05, 0.1) is 13.0 Å². The molecule has 1 amide bonds. The smallest absolute Gasteiger partial charge is 0.233 e. The van der Waals surface area contributed by atoms with Crippen LogP contribution in [0.5, 0.6) is 5.75 Å². The van der Waals surface area contributed by atoms with Gasteiger partial charge in [0.2, 0.25) is 5.91 Å². The van der Waals surface area contributed by atoms with Crippen molar-refractivity contribution in [2.45, 2.75) is 19.3 Å². The number of hydrogen-bond donors (Lipinski definition) is 1. The summed E-state index contributed by atoms with van der Waals surface area (Å²) in [6, 6.07) is 13.8. The Morgan fingerprint density at radius 1 is 1.19 bits per heavy atom. The number of hydrogen-bond acceptors (Lipinski definition) is 4. The summed E-state index contributed by atoms with van der Waals surface area (Å²) in [5, 5.41) is 3.40. The van der Waals surface area contributed by atoms with Gasteiger partial charge in [-0.1, -0.05) is 24.3 Å². The lowest BCUT2D eigenvalue weighted by molar-refractivity contribution is -0.117. The predicted octanol–water partition coefficient (Wildman–Crippen LogP) is 4.62. The summed E-state index contributed by atoms with van der Waals surface area (Å²) < 4.78 is 18.2. The Labute approximate surface area is 155 Å². The highest BCUT2D eigenvalue weighted by Gasteiger charge is 2.17. The molecule has 2 aromatic carbocycles. The number of thiazole rings is 1. The number of nitrogens with one attached hydrogen (secondary N) is 1. The van der Waals surface area contributed by atoms with Crippen LogP contribution in [-0.2, 0) is 11.2 Å². The van der Waals surface area contributed by atoms with Crippen LogP contribution in [0.15, 0.2) is 54.7 Å². The lowest BCUT2D eigenvalue weighted by atomic mass is 10.0. The van der Waals surface area contributed by atoms with E-state index in [4.69, 9.17) is 4.74 Å². The molecule has 0 bridgehead atoms. The summed E-state index contributed by atoms with van der Waals surface area (Å²) in [6.07, 6.45) is 2.51. The summed E-state index contributed by atoms with van der Waals surface area (Å²) in [5.41, 5.74) is 1.91. The molecule has 1 aromatic heterocycles. The maximum absolute atomic E-state index is 13.0. The van der Waals surface area contributed by atoms with Gasteiger partial charge >= 0.3 is 0 Å². The first kappa shape index (κ1) is 18.1. The van der Waals surface area contributed by atoms with Gasteiger partial charge in [-0.2, -0.15) is 0 Å². The van der Waals surface area contributed by atoms with Crippen LogP contribution >= 0.6 is 11.3 Å². The molecule has 0 aliphatic heterocycles. The molecule has 4 nitrogen and oxygen atoms in total. The number of amides is 1. The van der Waals surface area contributed by atoms with Crippen LogP contribution in [0.25, 0.3) is 0 Å². The van der Waals surface area contributed by atoms with Crippen LogP contribution in [0.2, 0.25) is 0 Å². The number of halogens is 1. The van der Waals surface area contributed by atoms with E-state index in [-0.39, 0.29) is 17.6 Å². The van der Waals surface area contributed by atoms with Gasteiger partial charge in [-0.15, -0.1) is 11.3 Å². The Bertz CT molecular complexity index is 876. The average molecular weight is 370 g/mol. The molecular weight excluding hydrogens is 351 g/mol. The van der Waals surface area contributed by atoms with Crippen LogP contribution in [0.3, 0.4) is 0 Å². The highest BCUT2D eigenvalue weighted by Crippen LogP contribution is 2.24. The molecule has 3 rings (SSSR count). The average Bonchev–Trinajstić information content (AvgIpc) is 3.09. The third-order valence-corrected chi connectivity index (χ3v) is 5.00. The molecule has 0 radical (unpaired) electrons. The van der Waals surface area contributed by atoms with Gasteiger partial charge in [-0.25, -0.2) is 9.37 Å². The molecule has 0 fully saturated rings. The van der Waals surface area contributed by atoms with Crippen LogP contribution in [0.1, 0.15) is 28.8 Å². The predicted molar refractivity (Wildman–Crippen MR) is 101 cm³/mol. The van der Waals surface area contributed by atoms with Gasteiger partial charge in [0.1, 0.15) is 11.6 Å². The van der Waals surface area contributed by atoms with Crippen LogP contribution in [0, 0.1) is 5.82 Å². The van der Waals surface area contributed by atoms with Crippen molar-refractivity contribution in [2.24, 2.45) is 0 Å². The maximum atomic E-state index is 13.0. The SMILES string of the molecule is COc1ccc(Cc2cnc(NC(=O)C(C)c3ccc(F)cc3)s2)cc1. The van der Waals surface area contributed by atoms with Crippen LogP contribution in [0.4, 0.5) is 9.52 Å². The van der Waals surface area contributed by atoms with Crippen molar-refractivity contribution < 1.29 is 13.9 Å². The normalized spacial score (nSPS) is 11.8. The second kappa shape index (κ2) is 8.10. The Morgan fingerprint density at radius 2 is 1.88 bits per heavy atom. The number of carbonyl (C=O) groups excluding carboxylic acids is 1. The van der Waals surface area contributed by atoms with E-state index in [2.05, 4.69) is 10.3 Å². The van der Waals surface area contributed by atoms with Gasteiger partial charge in [-0.05, 0) is 42.3 Å². The number of ether oxygens (including phenoxy) is 1. The summed E-state index contributed by atoms with van der Waals surface area (Å²) in [7, 11) is 1.64. The standard InChI is InChI=1S/C20H19FN2O2S/c1-13(15-5-7-16(21)8-6-15)19(24)23-20-22-12-18(26-20)11-14-3-9-17(25-2)10-4-14/h3-10,12-13H,11H2,1-2H3,(H,22,23,24). The molecule has 0 aliphatic rings. The molecule has 26 heavy (non-hydrogen) atoms. The van der Waals surface area contributed by atoms with Gasteiger partial charge in [0.25, 0.3) is 0 Å². The Hall–Kier alpha value is -2.73. The lowest BCUT2D eigenvalue weighted by Crippen LogP contribution is -2.18. The molecule has 1 heterocycles. The van der Waals surface area contributed by atoms with Crippen molar-refractivity contribution in [3.63, 3.8) is 0 Å². The number of methoxy groups -OCH3 is 1. The first-order chi connectivity index (χ1) is 12.5. The molecule has 3 aromatic rings. The summed E-state index contributed by atoms with van der Waals surface area (Å²) >= 11 is 1.45. The van der Waals surface area contributed by atoms with E-state index in [0.29, 0.717) is 5.13 Å². The fraction of sp³-hybridized carbons (Fsp3) is 0.200. The van der Waals surface area contributed by atoms with Crippen molar-refractivity contribution in [3.8, 4) is 5.75 Å². The number of carbonyl (C=O) groups is 1. The summed E-state index contributed by atoms with van der Waals surface area (Å²) in [4.78, 5) is 17.7. The zero-order valence-electron chi connectivity index (χ0n) is 14.5. The molecule has 0 saturated carbocycles. The first-order valence-corrected chi connectivity index (χ1v) is 9.01. The van der Waals surface area contributed by atoms with E-state index in [1.54, 1.807) is 32.4 Å². The monoisotopic (exact) mass is 370 g/mol. The van der Waals surface area contributed by atoms with E-state index >= 15 is 0 Å². The third kappa shape index (κ3) is 4.46. The van der Waals surface area contributed by atoms with Crippen molar-refractivity contribution in [3.05, 3.63) is 76.5 Å². The minimum atomic E-state index is -0.385. The molecule has 1 N–H and O–H groups in total. The van der Waals surface area contributed by atoms with Crippen LogP contribution in [-0.4, -0.2) is 18.0 Å². The number of nitrogens with zero attached hydrogens (tertiary/aromatic N) is 1. The van der Waals surface area contributed by atoms with E-state index in [1.165, 1.54) is 23.5 Å². The molecule has 134 valence electrons. The van der Waals surface area contributed by atoms with Gasteiger partial charge in [0.15, 0.2) is 5.13 Å². The minimum absolute atomic E-state index is 0.165. The minimum Gasteiger partial charge on any atom is -0.497 e. The van der Waals surface area contributed by atoms with Gasteiger partial charge in [0, 0.05) is 17.5 Å². The molecular formula is C20H19FN2O2S. The number of aromatic nitrogens is 1. The second-order valence-electron chi connectivity index (χ2n) is 5.92. The Morgan fingerprint density at radius 3 is 2.54 bits per heavy atom. The van der Waals surface area contributed by atoms with Crippen molar-refractivity contribution in [1.29, 1.82) is 0 Å². The van der Waals surface area contributed by atoms with Crippen LogP contribution < -0.4 is 10.1 Å². The summed E-state index contributed by atoms with van der Waals surface area (Å²) in [6.45, 7) is 1.79. The maximum Gasteiger partial charge on any atom is 0.233 e. The highest BCUT2D eigenvalue weighted by atomic mass is 32.1. The summed E-state index contributed by atoms with van der Waals surface area (Å²) in [5.74, 6) is -0.0447.